The van der Waals surface area contributed by atoms with Crippen molar-refractivity contribution in [2.24, 2.45) is 0 Å². The van der Waals surface area contributed by atoms with Gasteiger partial charge in [-0.15, -0.1) is 0 Å². The van der Waals surface area contributed by atoms with E-state index in [0.29, 0.717) is 18.7 Å². The largest absolute Gasteiger partial charge is 0.497 e. The smallest absolute Gasteiger partial charge is 0.224 e. The Morgan fingerprint density at radius 1 is 1.05 bits per heavy atom. The van der Waals surface area contributed by atoms with Gasteiger partial charge in [-0.2, -0.15) is 0 Å². The monoisotopic (exact) mass is 270 g/mol. The molecule has 3 N–H and O–H groups in total. The molecule has 0 fully saturated rings. The quantitative estimate of drug-likeness (QED) is 0.818. The maximum Gasteiger partial charge on any atom is 0.224 e. The van der Waals surface area contributed by atoms with E-state index in [1.165, 1.54) is 0 Å². The highest BCUT2D eigenvalue weighted by Gasteiger charge is 2.03. The van der Waals surface area contributed by atoms with Crippen molar-refractivity contribution in [2.45, 2.75) is 13.0 Å². The van der Waals surface area contributed by atoms with Gasteiger partial charge in [0.2, 0.25) is 5.91 Å². The van der Waals surface area contributed by atoms with Gasteiger partial charge < -0.3 is 15.8 Å². The van der Waals surface area contributed by atoms with Crippen LogP contribution in [0.5, 0.6) is 5.75 Å². The topological polar surface area (TPSA) is 64.3 Å². The minimum absolute atomic E-state index is 0.00871. The number of nitrogens with one attached hydrogen (secondary N) is 1. The molecule has 0 aromatic heterocycles. The molecule has 1 amide bonds. The zero-order valence-corrected chi connectivity index (χ0v) is 11.4. The van der Waals surface area contributed by atoms with Crippen molar-refractivity contribution in [2.75, 3.05) is 12.8 Å². The fourth-order valence-corrected chi connectivity index (χ4v) is 1.83. The van der Waals surface area contributed by atoms with E-state index in [0.717, 1.165) is 16.9 Å². The van der Waals surface area contributed by atoms with Crippen LogP contribution in [0.4, 0.5) is 5.69 Å². The molecule has 20 heavy (non-hydrogen) atoms. The Morgan fingerprint density at radius 2 is 1.65 bits per heavy atom. The predicted molar refractivity (Wildman–Crippen MR) is 79.4 cm³/mol. The summed E-state index contributed by atoms with van der Waals surface area (Å²) in [6, 6.07) is 14.9. The number of nitrogen functional groups attached to an aromatic ring is 1. The van der Waals surface area contributed by atoms with E-state index in [4.69, 9.17) is 10.5 Å². The molecule has 0 atom stereocenters. The van der Waals surface area contributed by atoms with E-state index in [9.17, 15) is 4.79 Å². The van der Waals surface area contributed by atoms with Crippen LogP contribution in [0, 0.1) is 0 Å². The molecule has 0 radical (unpaired) electrons. The van der Waals surface area contributed by atoms with Crippen LogP contribution in [-0.2, 0) is 17.8 Å². The van der Waals surface area contributed by atoms with Gasteiger partial charge in [-0.3, -0.25) is 4.79 Å². The first-order valence-electron chi connectivity index (χ1n) is 6.41. The first-order valence-corrected chi connectivity index (χ1v) is 6.41. The lowest BCUT2D eigenvalue weighted by Gasteiger charge is -2.06. The Balaban J connectivity index is 1.83. The van der Waals surface area contributed by atoms with Gasteiger partial charge in [-0.1, -0.05) is 24.3 Å². The fourth-order valence-electron chi connectivity index (χ4n) is 1.83. The van der Waals surface area contributed by atoms with Gasteiger partial charge >= 0.3 is 0 Å². The molecular weight excluding hydrogens is 252 g/mol. The molecule has 0 aliphatic carbocycles. The molecule has 0 aliphatic heterocycles. The van der Waals surface area contributed by atoms with Crippen molar-refractivity contribution in [3.8, 4) is 5.75 Å². The number of carbonyl (C=O) groups excluding carboxylic acids is 1. The van der Waals surface area contributed by atoms with Crippen LogP contribution in [0.2, 0.25) is 0 Å². The third-order valence-electron chi connectivity index (χ3n) is 2.99. The summed E-state index contributed by atoms with van der Waals surface area (Å²) in [4.78, 5) is 11.8. The summed E-state index contributed by atoms with van der Waals surface area (Å²) in [7, 11) is 1.63. The van der Waals surface area contributed by atoms with Crippen LogP contribution >= 0.6 is 0 Å². The number of nitrogens with two attached hydrogens (primary N) is 1. The molecule has 2 rings (SSSR count). The second-order valence-corrected chi connectivity index (χ2v) is 4.54. The summed E-state index contributed by atoms with van der Waals surface area (Å²) >= 11 is 0. The average Bonchev–Trinajstić information content (AvgIpc) is 2.48. The summed E-state index contributed by atoms with van der Waals surface area (Å²) < 4.78 is 5.09. The van der Waals surface area contributed by atoms with E-state index in [1.54, 1.807) is 19.2 Å². The molecule has 2 aromatic carbocycles. The lowest BCUT2D eigenvalue weighted by atomic mass is 10.1. The van der Waals surface area contributed by atoms with Crippen molar-refractivity contribution >= 4 is 11.6 Å². The molecule has 0 saturated heterocycles. The van der Waals surface area contributed by atoms with Crippen LogP contribution in [0.25, 0.3) is 0 Å². The molecule has 0 unspecified atom stereocenters. The van der Waals surface area contributed by atoms with Crippen molar-refractivity contribution in [3.63, 3.8) is 0 Å². The predicted octanol–water partition coefficient (Wildman–Crippen LogP) is 2.14. The second kappa shape index (κ2) is 6.61. The van der Waals surface area contributed by atoms with Crippen molar-refractivity contribution < 1.29 is 9.53 Å². The Labute approximate surface area is 118 Å². The number of ether oxygens (including phenoxy) is 1. The first-order chi connectivity index (χ1) is 9.67. The SMILES string of the molecule is COc1ccc(CNC(=O)Cc2ccc(N)cc2)cc1. The average molecular weight is 270 g/mol. The number of methoxy groups -OCH3 is 1. The zero-order valence-electron chi connectivity index (χ0n) is 11.4. The van der Waals surface area contributed by atoms with Gasteiger partial charge in [0.05, 0.1) is 13.5 Å². The number of hydrogen-bond donors (Lipinski definition) is 2. The number of carbonyl (C=O) groups is 1. The summed E-state index contributed by atoms with van der Waals surface area (Å²) in [5.74, 6) is 0.799. The summed E-state index contributed by atoms with van der Waals surface area (Å²) in [6.45, 7) is 0.512. The van der Waals surface area contributed by atoms with E-state index >= 15 is 0 Å². The zero-order chi connectivity index (χ0) is 14.4. The van der Waals surface area contributed by atoms with Crippen molar-refractivity contribution in [1.29, 1.82) is 0 Å². The van der Waals surface area contributed by atoms with Crippen LogP contribution in [0.1, 0.15) is 11.1 Å². The van der Waals surface area contributed by atoms with Crippen LogP contribution in [0.3, 0.4) is 0 Å². The number of anilines is 1. The molecule has 2 aromatic rings. The molecule has 4 heteroatoms. The van der Waals surface area contributed by atoms with Gasteiger partial charge in [0.15, 0.2) is 0 Å². The first kappa shape index (κ1) is 13.9. The fraction of sp³-hybridized carbons (Fsp3) is 0.188. The highest BCUT2D eigenvalue weighted by molar-refractivity contribution is 5.78. The van der Waals surface area contributed by atoms with E-state index in [1.807, 2.05) is 36.4 Å². The van der Waals surface area contributed by atoms with Gasteiger partial charge in [0.1, 0.15) is 5.75 Å². The van der Waals surface area contributed by atoms with Gasteiger partial charge in [0, 0.05) is 12.2 Å². The summed E-state index contributed by atoms with van der Waals surface area (Å²) in [6.07, 6.45) is 0.358. The maximum absolute atomic E-state index is 11.8. The highest BCUT2D eigenvalue weighted by Crippen LogP contribution is 2.11. The molecule has 0 bridgehead atoms. The molecule has 0 saturated carbocycles. The minimum Gasteiger partial charge on any atom is -0.497 e. The maximum atomic E-state index is 11.8. The number of rotatable bonds is 5. The second-order valence-electron chi connectivity index (χ2n) is 4.54. The summed E-state index contributed by atoms with van der Waals surface area (Å²) in [5.41, 5.74) is 8.30. The molecule has 0 aliphatic rings. The lowest BCUT2D eigenvalue weighted by molar-refractivity contribution is -0.120. The number of amides is 1. The van der Waals surface area contributed by atoms with Gasteiger partial charge in [0.25, 0.3) is 0 Å². The van der Waals surface area contributed by atoms with E-state index < -0.39 is 0 Å². The minimum atomic E-state index is -0.00871. The summed E-state index contributed by atoms with van der Waals surface area (Å²) in [5, 5.41) is 2.89. The molecule has 0 heterocycles. The Hall–Kier alpha value is -2.49. The van der Waals surface area contributed by atoms with Crippen LogP contribution in [-0.4, -0.2) is 13.0 Å². The Morgan fingerprint density at radius 3 is 2.25 bits per heavy atom. The molecule has 4 nitrogen and oxygen atoms in total. The van der Waals surface area contributed by atoms with Crippen LogP contribution < -0.4 is 15.8 Å². The third-order valence-corrected chi connectivity index (χ3v) is 2.99. The van der Waals surface area contributed by atoms with Crippen LogP contribution in [0.15, 0.2) is 48.5 Å². The van der Waals surface area contributed by atoms with Crippen molar-refractivity contribution in [3.05, 3.63) is 59.7 Å². The highest BCUT2D eigenvalue weighted by atomic mass is 16.5. The normalized spacial score (nSPS) is 10.1. The third kappa shape index (κ3) is 4.02. The van der Waals surface area contributed by atoms with Gasteiger partial charge in [-0.25, -0.2) is 0 Å². The van der Waals surface area contributed by atoms with E-state index in [-0.39, 0.29) is 5.91 Å². The molecular formula is C16H18N2O2. The van der Waals surface area contributed by atoms with Gasteiger partial charge in [-0.05, 0) is 35.4 Å². The number of hydrogen-bond acceptors (Lipinski definition) is 3. The Bertz CT molecular complexity index is 562. The standard InChI is InChI=1S/C16H18N2O2/c1-20-15-8-4-13(5-9-15)11-18-16(19)10-12-2-6-14(17)7-3-12/h2-9H,10-11,17H2,1H3,(H,18,19). The molecule has 0 spiro atoms. The lowest BCUT2D eigenvalue weighted by Crippen LogP contribution is -2.24. The van der Waals surface area contributed by atoms with Crippen molar-refractivity contribution in [1.82, 2.24) is 5.32 Å². The number of benzene rings is 2. The van der Waals surface area contributed by atoms with E-state index in [2.05, 4.69) is 5.32 Å². The Kier molecular flexibility index (Phi) is 4.60. The molecule has 104 valence electrons.